The Kier molecular flexibility index (Phi) is 5.45. The van der Waals surface area contributed by atoms with Crippen molar-refractivity contribution in [3.05, 3.63) is 29.8 Å². The van der Waals surface area contributed by atoms with Gasteiger partial charge in [0, 0.05) is 18.7 Å². The molecule has 0 saturated carbocycles. The maximum atomic E-state index is 9.11. The molecule has 3 heteroatoms. The van der Waals surface area contributed by atoms with Crippen LogP contribution in [0.5, 0.6) is 5.75 Å². The maximum Gasteiger partial charge on any atom is 0.119 e. The van der Waals surface area contributed by atoms with Gasteiger partial charge in [-0.25, -0.2) is 0 Å². The van der Waals surface area contributed by atoms with Crippen molar-refractivity contribution < 1.29 is 9.84 Å². The topological polar surface area (TPSA) is 41.5 Å². The van der Waals surface area contributed by atoms with Crippen LogP contribution in [0.3, 0.4) is 0 Å². The summed E-state index contributed by atoms with van der Waals surface area (Å²) >= 11 is 0. The summed E-state index contributed by atoms with van der Waals surface area (Å²) in [5.74, 6) is 1.13. The van der Waals surface area contributed by atoms with Crippen molar-refractivity contribution in [2.24, 2.45) is 5.92 Å². The Bertz CT molecular complexity index is 341. The molecule has 2 N–H and O–H groups in total. The normalized spacial score (nSPS) is 16.3. The van der Waals surface area contributed by atoms with Crippen LogP contribution in [0.4, 0.5) is 0 Å². The summed E-state index contributed by atoms with van der Waals surface area (Å²) in [5, 5.41) is 12.6. The van der Waals surface area contributed by atoms with Gasteiger partial charge in [-0.2, -0.15) is 0 Å². The monoisotopic (exact) mass is 237 g/mol. The Morgan fingerprint density at radius 1 is 1.29 bits per heavy atom. The van der Waals surface area contributed by atoms with E-state index >= 15 is 0 Å². The molecule has 3 atom stereocenters. The Hall–Kier alpha value is -1.06. The van der Waals surface area contributed by atoms with Crippen LogP contribution >= 0.6 is 0 Å². The van der Waals surface area contributed by atoms with E-state index in [-0.39, 0.29) is 24.6 Å². The van der Waals surface area contributed by atoms with E-state index in [2.05, 4.69) is 25.2 Å². The Labute approximate surface area is 104 Å². The highest BCUT2D eigenvalue weighted by Gasteiger charge is 2.14. The molecular formula is C14H23NO2. The van der Waals surface area contributed by atoms with Crippen LogP contribution in [0.15, 0.2) is 24.3 Å². The third-order valence-corrected chi connectivity index (χ3v) is 3.25. The van der Waals surface area contributed by atoms with Gasteiger partial charge in [-0.15, -0.1) is 0 Å². The predicted octanol–water partition coefficient (Wildman–Crippen LogP) is 2.36. The third-order valence-electron chi connectivity index (χ3n) is 3.25. The third kappa shape index (κ3) is 4.02. The van der Waals surface area contributed by atoms with E-state index in [0.717, 1.165) is 5.75 Å². The SMILES string of the molecule is COc1cccc(C(C)NC(C)C(C)CO)c1. The zero-order valence-corrected chi connectivity index (χ0v) is 11.1. The van der Waals surface area contributed by atoms with Crippen molar-refractivity contribution in [2.45, 2.75) is 32.9 Å². The minimum absolute atomic E-state index is 0.207. The molecule has 96 valence electrons. The summed E-state index contributed by atoms with van der Waals surface area (Å²) in [7, 11) is 1.67. The number of nitrogens with one attached hydrogen (secondary N) is 1. The number of aliphatic hydroxyl groups is 1. The fourth-order valence-electron chi connectivity index (χ4n) is 1.72. The molecule has 0 spiro atoms. The summed E-state index contributed by atoms with van der Waals surface area (Å²) < 4.78 is 5.21. The van der Waals surface area contributed by atoms with Gasteiger partial charge in [0.25, 0.3) is 0 Å². The highest BCUT2D eigenvalue weighted by atomic mass is 16.5. The molecule has 0 saturated heterocycles. The molecule has 0 aromatic heterocycles. The fraction of sp³-hybridized carbons (Fsp3) is 0.571. The van der Waals surface area contributed by atoms with Gasteiger partial charge in [0.1, 0.15) is 5.75 Å². The van der Waals surface area contributed by atoms with E-state index < -0.39 is 0 Å². The first-order chi connectivity index (χ1) is 8.08. The lowest BCUT2D eigenvalue weighted by Gasteiger charge is -2.24. The van der Waals surface area contributed by atoms with Crippen molar-refractivity contribution in [3.63, 3.8) is 0 Å². The van der Waals surface area contributed by atoms with Gasteiger partial charge in [-0.3, -0.25) is 0 Å². The molecule has 0 amide bonds. The van der Waals surface area contributed by atoms with Gasteiger partial charge in [0.15, 0.2) is 0 Å². The molecular weight excluding hydrogens is 214 g/mol. The van der Waals surface area contributed by atoms with Crippen LogP contribution in [-0.2, 0) is 0 Å². The van der Waals surface area contributed by atoms with Crippen molar-refractivity contribution in [3.8, 4) is 5.75 Å². The number of methoxy groups -OCH3 is 1. The Morgan fingerprint density at radius 2 is 2.00 bits per heavy atom. The van der Waals surface area contributed by atoms with E-state index in [9.17, 15) is 0 Å². The van der Waals surface area contributed by atoms with Gasteiger partial charge in [0.05, 0.1) is 7.11 Å². The van der Waals surface area contributed by atoms with E-state index in [0.29, 0.717) is 0 Å². The first kappa shape index (κ1) is 14.0. The summed E-state index contributed by atoms with van der Waals surface area (Å²) in [6.07, 6.45) is 0. The molecule has 3 unspecified atom stereocenters. The van der Waals surface area contributed by atoms with Gasteiger partial charge in [0.2, 0.25) is 0 Å². The lowest BCUT2D eigenvalue weighted by molar-refractivity contribution is 0.202. The van der Waals surface area contributed by atoms with E-state index in [1.807, 2.05) is 25.1 Å². The minimum atomic E-state index is 0.207. The van der Waals surface area contributed by atoms with E-state index in [1.54, 1.807) is 7.11 Å². The standard InChI is InChI=1S/C14H23NO2/c1-10(9-16)11(2)15-12(3)13-6-5-7-14(8-13)17-4/h5-8,10-12,15-16H,9H2,1-4H3. The number of hydrogen-bond donors (Lipinski definition) is 2. The summed E-state index contributed by atoms with van der Waals surface area (Å²) in [6, 6.07) is 8.57. The second kappa shape index (κ2) is 6.62. The largest absolute Gasteiger partial charge is 0.497 e. The summed E-state index contributed by atoms with van der Waals surface area (Å²) in [4.78, 5) is 0. The zero-order chi connectivity index (χ0) is 12.8. The first-order valence-corrected chi connectivity index (χ1v) is 6.09. The molecule has 0 aliphatic rings. The van der Waals surface area contributed by atoms with Gasteiger partial charge >= 0.3 is 0 Å². The minimum Gasteiger partial charge on any atom is -0.497 e. The lowest BCUT2D eigenvalue weighted by atomic mass is 10.0. The van der Waals surface area contributed by atoms with Crippen LogP contribution in [0.2, 0.25) is 0 Å². The quantitative estimate of drug-likeness (QED) is 0.798. The Morgan fingerprint density at radius 3 is 2.59 bits per heavy atom. The van der Waals surface area contributed by atoms with E-state index in [1.165, 1.54) is 5.56 Å². The number of benzene rings is 1. The number of rotatable bonds is 6. The van der Waals surface area contributed by atoms with Crippen LogP contribution < -0.4 is 10.1 Å². The molecule has 0 aliphatic heterocycles. The van der Waals surface area contributed by atoms with Crippen molar-refractivity contribution >= 4 is 0 Å². The molecule has 1 aromatic rings. The highest BCUT2D eigenvalue weighted by molar-refractivity contribution is 5.30. The van der Waals surface area contributed by atoms with Crippen LogP contribution in [0.25, 0.3) is 0 Å². The average Bonchev–Trinajstić information content (AvgIpc) is 2.37. The zero-order valence-electron chi connectivity index (χ0n) is 11.1. The molecule has 0 bridgehead atoms. The number of aliphatic hydroxyl groups excluding tert-OH is 1. The average molecular weight is 237 g/mol. The maximum absolute atomic E-state index is 9.11. The lowest BCUT2D eigenvalue weighted by Crippen LogP contribution is -2.35. The predicted molar refractivity (Wildman–Crippen MR) is 70.3 cm³/mol. The molecule has 3 nitrogen and oxygen atoms in total. The van der Waals surface area contributed by atoms with Crippen LogP contribution in [0.1, 0.15) is 32.4 Å². The van der Waals surface area contributed by atoms with Crippen molar-refractivity contribution in [1.29, 1.82) is 0 Å². The van der Waals surface area contributed by atoms with Crippen molar-refractivity contribution in [2.75, 3.05) is 13.7 Å². The van der Waals surface area contributed by atoms with Gasteiger partial charge in [-0.05, 0) is 37.5 Å². The number of hydrogen-bond acceptors (Lipinski definition) is 3. The molecule has 0 aliphatic carbocycles. The van der Waals surface area contributed by atoms with Crippen LogP contribution in [-0.4, -0.2) is 24.9 Å². The highest BCUT2D eigenvalue weighted by Crippen LogP contribution is 2.19. The molecule has 17 heavy (non-hydrogen) atoms. The molecule has 0 fully saturated rings. The van der Waals surface area contributed by atoms with Gasteiger partial charge in [-0.1, -0.05) is 19.1 Å². The molecule has 1 aromatic carbocycles. The molecule has 0 heterocycles. The fourth-order valence-corrected chi connectivity index (χ4v) is 1.72. The summed E-state index contributed by atoms with van der Waals surface area (Å²) in [6.45, 7) is 6.46. The number of ether oxygens (including phenoxy) is 1. The summed E-state index contributed by atoms with van der Waals surface area (Å²) in [5.41, 5.74) is 1.20. The van der Waals surface area contributed by atoms with E-state index in [4.69, 9.17) is 9.84 Å². The molecule has 1 rings (SSSR count). The molecule has 0 radical (unpaired) electrons. The second-order valence-electron chi connectivity index (χ2n) is 4.61. The second-order valence-corrected chi connectivity index (χ2v) is 4.61. The van der Waals surface area contributed by atoms with Crippen molar-refractivity contribution in [1.82, 2.24) is 5.32 Å². The Balaban J connectivity index is 2.65. The van der Waals surface area contributed by atoms with Gasteiger partial charge < -0.3 is 15.2 Å². The smallest absolute Gasteiger partial charge is 0.119 e. The van der Waals surface area contributed by atoms with Crippen LogP contribution in [0, 0.1) is 5.92 Å². The first-order valence-electron chi connectivity index (χ1n) is 6.09.